The van der Waals surface area contributed by atoms with Gasteiger partial charge in [0, 0.05) is 61.9 Å². The Labute approximate surface area is 217 Å². The van der Waals surface area contributed by atoms with Crippen LogP contribution in [0.3, 0.4) is 0 Å². The number of fused-ring (bicyclic) bond motifs is 1. The number of rotatable bonds is 8. The van der Waals surface area contributed by atoms with Crippen molar-refractivity contribution in [3.05, 3.63) is 108 Å². The molecule has 4 aromatic rings. The minimum absolute atomic E-state index is 0.00983. The number of aromatic nitrogens is 1. The molecular formula is C30H33N5O2. The lowest BCUT2D eigenvalue weighted by molar-refractivity contribution is 0.0509. The third-order valence-corrected chi connectivity index (χ3v) is 6.93. The second-order valence-electron chi connectivity index (χ2n) is 9.42. The fourth-order valence-electron chi connectivity index (χ4n) is 4.98. The number of H-pyrrole nitrogens is 1. The predicted octanol–water partition coefficient (Wildman–Crippen LogP) is 4.04. The number of hydrogen-bond donors (Lipinski definition) is 3. The smallest absolute Gasteiger partial charge is 0.317 e. The Balaban J connectivity index is 1.23. The van der Waals surface area contributed by atoms with Crippen LogP contribution in [0.2, 0.25) is 0 Å². The number of piperazine rings is 1. The Morgan fingerprint density at radius 2 is 1.59 bits per heavy atom. The van der Waals surface area contributed by atoms with Crippen molar-refractivity contribution in [1.29, 1.82) is 0 Å². The molecule has 0 radical (unpaired) electrons. The molecular weight excluding hydrogens is 462 g/mol. The first kappa shape index (κ1) is 24.6. The summed E-state index contributed by atoms with van der Waals surface area (Å²) in [6.07, 6.45) is 2.69. The van der Waals surface area contributed by atoms with Crippen LogP contribution in [-0.4, -0.2) is 65.5 Å². The molecule has 0 saturated carbocycles. The van der Waals surface area contributed by atoms with E-state index in [2.05, 4.69) is 39.9 Å². The number of nitrogens with zero attached hydrogens (tertiary/aromatic N) is 2. The van der Waals surface area contributed by atoms with Gasteiger partial charge in [0.15, 0.2) is 0 Å². The number of carbonyl (C=O) groups excluding carboxylic acids is 2. The lowest BCUT2D eigenvalue weighted by atomic mass is 10.0. The summed E-state index contributed by atoms with van der Waals surface area (Å²) in [4.78, 5) is 33.6. The summed E-state index contributed by atoms with van der Waals surface area (Å²) in [5, 5.41) is 7.56. The molecule has 0 spiro atoms. The zero-order valence-electron chi connectivity index (χ0n) is 20.9. The minimum Gasteiger partial charge on any atom is -0.361 e. The molecule has 7 heteroatoms. The Morgan fingerprint density at radius 1 is 0.865 bits per heavy atom. The molecule has 0 aliphatic carbocycles. The number of nitrogens with one attached hydrogen (secondary N) is 3. The van der Waals surface area contributed by atoms with Crippen LogP contribution >= 0.6 is 0 Å². The molecule has 1 saturated heterocycles. The Kier molecular flexibility index (Phi) is 7.81. The molecule has 3 amide bonds. The van der Waals surface area contributed by atoms with Crippen LogP contribution in [0.4, 0.5) is 4.79 Å². The van der Waals surface area contributed by atoms with E-state index in [0.717, 1.165) is 23.0 Å². The molecule has 2 heterocycles. The van der Waals surface area contributed by atoms with E-state index in [-0.39, 0.29) is 18.0 Å². The normalized spacial score (nSPS) is 15.6. The fraction of sp³-hybridized carbons (Fsp3) is 0.267. The van der Waals surface area contributed by atoms with Crippen molar-refractivity contribution in [2.75, 3.05) is 32.7 Å². The van der Waals surface area contributed by atoms with E-state index in [0.29, 0.717) is 44.7 Å². The maximum Gasteiger partial charge on any atom is 0.317 e. The van der Waals surface area contributed by atoms with E-state index in [4.69, 9.17) is 0 Å². The van der Waals surface area contributed by atoms with Gasteiger partial charge in [-0.15, -0.1) is 0 Å². The summed E-state index contributed by atoms with van der Waals surface area (Å²) < 4.78 is 0. The van der Waals surface area contributed by atoms with Gasteiger partial charge in [-0.3, -0.25) is 4.79 Å². The lowest BCUT2D eigenvalue weighted by Crippen LogP contribution is -2.59. The highest BCUT2D eigenvalue weighted by molar-refractivity contribution is 5.94. The van der Waals surface area contributed by atoms with Gasteiger partial charge in [-0.1, -0.05) is 66.7 Å². The maximum atomic E-state index is 13.4. The topological polar surface area (TPSA) is 80.5 Å². The first-order chi connectivity index (χ1) is 18.2. The zero-order valence-corrected chi connectivity index (χ0v) is 20.9. The molecule has 1 aliphatic rings. The fourth-order valence-corrected chi connectivity index (χ4v) is 4.98. The molecule has 1 fully saturated rings. The number of urea groups is 1. The van der Waals surface area contributed by atoms with Crippen LogP contribution in [-0.2, 0) is 13.0 Å². The lowest BCUT2D eigenvalue weighted by Gasteiger charge is -2.41. The van der Waals surface area contributed by atoms with Crippen molar-refractivity contribution in [2.24, 2.45) is 0 Å². The van der Waals surface area contributed by atoms with Gasteiger partial charge in [0.05, 0.1) is 6.04 Å². The van der Waals surface area contributed by atoms with Gasteiger partial charge in [-0.25, -0.2) is 4.79 Å². The van der Waals surface area contributed by atoms with Gasteiger partial charge in [0.25, 0.3) is 5.91 Å². The van der Waals surface area contributed by atoms with Gasteiger partial charge < -0.3 is 25.4 Å². The van der Waals surface area contributed by atoms with Gasteiger partial charge in [0.2, 0.25) is 0 Å². The minimum atomic E-state index is -0.123. The Bertz CT molecular complexity index is 1320. The highest BCUT2D eigenvalue weighted by atomic mass is 16.2. The highest BCUT2D eigenvalue weighted by Crippen LogP contribution is 2.23. The van der Waals surface area contributed by atoms with Gasteiger partial charge in [0.1, 0.15) is 0 Å². The molecule has 1 unspecified atom stereocenters. The number of aromatic amines is 1. The van der Waals surface area contributed by atoms with Crippen LogP contribution in [0.1, 0.15) is 21.5 Å². The standard InChI is InChI=1S/C30H33N5O2/c36-29(24-11-5-2-6-12-24)35-18-17-34(30(37)32-16-15-31-20-23-9-3-1-4-10-23)22-26(35)19-25-21-33-28-14-8-7-13-27(25)28/h1-14,21,26,31,33H,15-20,22H2,(H,32,37). The molecule has 1 atom stereocenters. The van der Waals surface area contributed by atoms with E-state index in [1.807, 2.05) is 76.7 Å². The van der Waals surface area contributed by atoms with E-state index in [9.17, 15) is 9.59 Å². The molecule has 0 bridgehead atoms. The average molecular weight is 496 g/mol. The van der Waals surface area contributed by atoms with Crippen LogP contribution < -0.4 is 10.6 Å². The monoisotopic (exact) mass is 495 g/mol. The van der Waals surface area contributed by atoms with E-state index < -0.39 is 0 Å². The molecule has 37 heavy (non-hydrogen) atoms. The van der Waals surface area contributed by atoms with Crippen molar-refractivity contribution in [3.63, 3.8) is 0 Å². The molecule has 3 aromatic carbocycles. The van der Waals surface area contributed by atoms with Gasteiger partial charge in [-0.05, 0) is 35.7 Å². The summed E-state index contributed by atoms with van der Waals surface area (Å²) in [5.74, 6) is 0.00983. The number of hydrogen-bond acceptors (Lipinski definition) is 3. The summed E-state index contributed by atoms with van der Waals surface area (Å²) >= 11 is 0. The second kappa shape index (κ2) is 11.8. The second-order valence-corrected chi connectivity index (χ2v) is 9.42. The van der Waals surface area contributed by atoms with E-state index >= 15 is 0 Å². The van der Waals surface area contributed by atoms with E-state index in [1.54, 1.807) is 0 Å². The number of carbonyl (C=O) groups is 2. The number of amides is 3. The summed E-state index contributed by atoms with van der Waals surface area (Å²) in [7, 11) is 0. The third-order valence-electron chi connectivity index (χ3n) is 6.93. The van der Waals surface area contributed by atoms with Crippen LogP contribution in [0, 0.1) is 0 Å². The molecule has 190 valence electrons. The SMILES string of the molecule is O=C(NCCNCc1ccccc1)N1CCN(C(=O)c2ccccc2)C(Cc2c[nH]c3ccccc23)C1. The summed E-state index contributed by atoms with van der Waals surface area (Å²) in [6.45, 7) is 3.49. The Hall–Kier alpha value is -4.10. The predicted molar refractivity (Wildman–Crippen MR) is 146 cm³/mol. The van der Waals surface area contributed by atoms with E-state index in [1.165, 1.54) is 5.56 Å². The van der Waals surface area contributed by atoms with Crippen molar-refractivity contribution < 1.29 is 9.59 Å². The van der Waals surface area contributed by atoms with Crippen LogP contribution in [0.15, 0.2) is 91.1 Å². The van der Waals surface area contributed by atoms with Crippen molar-refractivity contribution in [1.82, 2.24) is 25.4 Å². The quantitative estimate of drug-likeness (QED) is 0.323. The molecule has 1 aromatic heterocycles. The molecule has 5 rings (SSSR count). The van der Waals surface area contributed by atoms with Crippen molar-refractivity contribution in [3.8, 4) is 0 Å². The Morgan fingerprint density at radius 3 is 2.41 bits per heavy atom. The zero-order chi connectivity index (χ0) is 25.5. The number of para-hydroxylation sites is 1. The van der Waals surface area contributed by atoms with Gasteiger partial charge in [-0.2, -0.15) is 0 Å². The maximum absolute atomic E-state index is 13.4. The summed E-state index contributed by atoms with van der Waals surface area (Å²) in [6, 6.07) is 27.6. The van der Waals surface area contributed by atoms with Crippen LogP contribution in [0.25, 0.3) is 10.9 Å². The largest absolute Gasteiger partial charge is 0.361 e. The average Bonchev–Trinajstić information content (AvgIpc) is 3.36. The van der Waals surface area contributed by atoms with Crippen LogP contribution in [0.5, 0.6) is 0 Å². The third kappa shape index (κ3) is 6.01. The van der Waals surface area contributed by atoms with Crippen molar-refractivity contribution >= 4 is 22.8 Å². The molecule has 7 nitrogen and oxygen atoms in total. The first-order valence-electron chi connectivity index (χ1n) is 12.9. The van der Waals surface area contributed by atoms with Crippen molar-refractivity contribution in [2.45, 2.75) is 19.0 Å². The molecule has 3 N–H and O–H groups in total. The highest BCUT2D eigenvalue weighted by Gasteiger charge is 2.33. The number of benzene rings is 3. The van der Waals surface area contributed by atoms with Gasteiger partial charge >= 0.3 is 6.03 Å². The summed E-state index contributed by atoms with van der Waals surface area (Å²) in [5.41, 5.74) is 4.12. The first-order valence-corrected chi connectivity index (χ1v) is 12.9. The molecule has 1 aliphatic heterocycles.